The normalized spacial score (nSPS) is 20.6. The first-order valence-corrected chi connectivity index (χ1v) is 8.45. The lowest BCUT2D eigenvalue weighted by Crippen LogP contribution is -2.32. The summed E-state index contributed by atoms with van der Waals surface area (Å²) < 4.78 is 0. The maximum atomic E-state index is 13.0. The summed E-state index contributed by atoms with van der Waals surface area (Å²) in [4.78, 5) is 15.0. The summed E-state index contributed by atoms with van der Waals surface area (Å²) in [7, 11) is 0. The van der Waals surface area contributed by atoms with Crippen molar-refractivity contribution in [2.45, 2.75) is 31.8 Å². The molecule has 2 aromatic rings. The van der Waals surface area contributed by atoms with E-state index in [0.29, 0.717) is 12.2 Å². The van der Waals surface area contributed by atoms with Gasteiger partial charge in [-0.2, -0.15) is 5.10 Å². The number of nitrogens with zero attached hydrogens (tertiary/aromatic N) is 2. The zero-order valence-corrected chi connectivity index (χ0v) is 13.6. The molecule has 6 heteroatoms. The summed E-state index contributed by atoms with van der Waals surface area (Å²) in [6, 6.07) is 7.92. The van der Waals surface area contributed by atoms with Crippen LogP contribution in [0, 0.1) is 0 Å². The number of benzene rings is 1. The molecule has 0 radical (unpaired) electrons. The summed E-state index contributed by atoms with van der Waals surface area (Å²) in [5.74, 6) is 0.0312. The highest BCUT2D eigenvalue weighted by Gasteiger charge is 2.33. The lowest BCUT2D eigenvalue weighted by Gasteiger charge is -2.25. The van der Waals surface area contributed by atoms with Crippen LogP contribution in [0.5, 0.6) is 0 Å². The predicted molar refractivity (Wildman–Crippen MR) is 88.5 cm³/mol. The van der Waals surface area contributed by atoms with Crippen LogP contribution in [0.1, 0.15) is 46.2 Å². The number of rotatable bonds is 2. The van der Waals surface area contributed by atoms with Crippen molar-refractivity contribution in [1.82, 2.24) is 20.4 Å². The quantitative estimate of drug-likeness (QED) is 0.890. The third kappa shape index (κ3) is 2.64. The number of amides is 1. The smallest absolute Gasteiger partial charge is 0.275 e. The summed E-state index contributed by atoms with van der Waals surface area (Å²) in [5, 5.41) is 11.4. The molecule has 1 aromatic carbocycles. The van der Waals surface area contributed by atoms with Crippen LogP contribution in [0.2, 0.25) is 5.02 Å². The molecule has 0 aliphatic carbocycles. The van der Waals surface area contributed by atoms with Gasteiger partial charge in [-0.25, -0.2) is 0 Å². The van der Waals surface area contributed by atoms with E-state index in [1.807, 2.05) is 29.2 Å². The molecule has 1 fully saturated rings. The van der Waals surface area contributed by atoms with Crippen LogP contribution in [0.3, 0.4) is 0 Å². The average Bonchev–Trinajstić information content (AvgIpc) is 3.22. The number of aromatic amines is 1. The Balaban J connectivity index is 1.62. The maximum absolute atomic E-state index is 13.0. The third-order valence-electron chi connectivity index (χ3n) is 4.78. The molecule has 0 bridgehead atoms. The zero-order valence-electron chi connectivity index (χ0n) is 12.8. The minimum absolute atomic E-state index is 0.0312. The fourth-order valence-corrected chi connectivity index (χ4v) is 3.71. The Labute approximate surface area is 140 Å². The number of H-pyrrole nitrogens is 1. The fourth-order valence-electron chi connectivity index (χ4n) is 3.58. The van der Waals surface area contributed by atoms with Gasteiger partial charge in [0.1, 0.15) is 0 Å². The molecule has 2 aliphatic rings. The van der Waals surface area contributed by atoms with Crippen LogP contribution in [-0.4, -0.2) is 34.1 Å². The molecule has 0 spiro atoms. The number of likely N-dealkylation sites (tertiary alicyclic amines) is 1. The highest BCUT2D eigenvalue weighted by molar-refractivity contribution is 6.30. The number of aromatic nitrogens is 2. The van der Waals surface area contributed by atoms with E-state index >= 15 is 0 Å². The van der Waals surface area contributed by atoms with Crippen LogP contribution in [0.15, 0.2) is 24.3 Å². The Morgan fingerprint density at radius 1 is 1.30 bits per heavy atom. The van der Waals surface area contributed by atoms with Crippen molar-refractivity contribution in [3.63, 3.8) is 0 Å². The molecule has 4 rings (SSSR count). The summed E-state index contributed by atoms with van der Waals surface area (Å²) in [6.45, 7) is 2.42. The Morgan fingerprint density at radius 2 is 2.13 bits per heavy atom. The first kappa shape index (κ1) is 14.7. The number of carbonyl (C=O) groups excluding carboxylic acids is 1. The van der Waals surface area contributed by atoms with Gasteiger partial charge in [-0.15, -0.1) is 0 Å². The highest BCUT2D eigenvalue weighted by atomic mass is 35.5. The molecule has 23 heavy (non-hydrogen) atoms. The van der Waals surface area contributed by atoms with Crippen molar-refractivity contribution >= 4 is 17.5 Å². The van der Waals surface area contributed by atoms with Crippen molar-refractivity contribution in [1.29, 1.82) is 0 Å². The van der Waals surface area contributed by atoms with E-state index in [2.05, 4.69) is 15.5 Å². The van der Waals surface area contributed by atoms with Gasteiger partial charge in [-0.1, -0.05) is 23.7 Å². The number of hydrogen-bond donors (Lipinski definition) is 2. The third-order valence-corrected chi connectivity index (χ3v) is 5.03. The largest absolute Gasteiger partial charge is 0.330 e. The van der Waals surface area contributed by atoms with Crippen molar-refractivity contribution in [2.75, 3.05) is 13.1 Å². The molecule has 1 unspecified atom stereocenters. The van der Waals surface area contributed by atoms with Gasteiger partial charge in [0.15, 0.2) is 5.69 Å². The SMILES string of the molecule is O=C(c1n[nH]c2c1CNCC2)N1CCCC1c1ccc(Cl)cc1. The minimum atomic E-state index is 0.0312. The number of halogens is 1. The summed E-state index contributed by atoms with van der Waals surface area (Å²) in [6.07, 6.45) is 2.90. The molecule has 1 amide bonds. The van der Waals surface area contributed by atoms with Crippen molar-refractivity contribution in [3.8, 4) is 0 Å². The number of fused-ring (bicyclic) bond motifs is 1. The molecule has 2 aliphatic heterocycles. The predicted octanol–water partition coefficient (Wildman–Crippen LogP) is 2.69. The van der Waals surface area contributed by atoms with E-state index in [9.17, 15) is 4.79 Å². The first-order chi connectivity index (χ1) is 11.2. The Bertz CT molecular complexity index is 725. The summed E-state index contributed by atoms with van der Waals surface area (Å²) >= 11 is 5.98. The van der Waals surface area contributed by atoms with Crippen LogP contribution in [0.4, 0.5) is 0 Å². The van der Waals surface area contributed by atoms with Crippen LogP contribution < -0.4 is 5.32 Å². The molecule has 2 N–H and O–H groups in total. The number of carbonyl (C=O) groups is 1. The van der Waals surface area contributed by atoms with Gasteiger partial charge >= 0.3 is 0 Å². The van der Waals surface area contributed by atoms with Crippen LogP contribution in [-0.2, 0) is 13.0 Å². The second-order valence-electron chi connectivity index (χ2n) is 6.16. The van der Waals surface area contributed by atoms with Crippen LogP contribution in [0.25, 0.3) is 0 Å². The van der Waals surface area contributed by atoms with Gasteiger partial charge in [-0.05, 0) is 30.5 Å². The first-order valence-electron chi connectivity index (χ1n) is 8.07. The number of hydrogen-bond acceptors (Lipinski definition) is 3. The van der Waals surface area contributed by atoms with Gasteiger partial charge in [0, 0.05) is 42.3 Å². The van der Waals surface area contributed by atoms with Gasteiger partial charge in [0.05, 0.1) is 6.04 Å². The molecule has 3 heterocycles. The molecule has 1 saturated heterocycles. The monoisotopic (exact) mass is 330 g/mol. The average molecular weight is 331 g/mol. The fraction of sp³-hybridized carbons (Fsp3) is 0.412. The zero-order chi connectivity index (χ0) is 15.8. The van der Waals surface area contributed by atoms with Gasteiger partial charge in [-0.3, -0.25) is 9.89 Å². The van der Waals surface area contributed by atoms with Gasteiger partial charge in [0.25, 0.3) is 5.91 Å². The topological polar surface area (TPSA) is 61.0 Å². The second-order valence-corrected chi connectivity index (χ2v) is 6.60. The molecular weight excluding hydrogens is 312 g/mol. The highest BCUT2D eigenvalue weighted by Crippen LogP contribution is 2.34. The molecule has 5 nitrogen and oxygen atoms in total. The Kier molecular flexibility index (Phi) is 3.83. The van der Waals surface area contributed by atoms with Crippen molar-refractivity contribution in [2.24, 2.45) is 0 Å². The Morgan fingerprint density at radius 3 is 2.96 bits per heavy atom. The summed E-state index contributed by atoms with van der Waals surface area (Å²) in [5.41, 5.74) is 3.84. The molecule has 120 valence electrons. The van der Waals surface area contributed by atoms with E-state index in [0.717, 1.165) is 54.2 Å². The standard InChI is InChI=1S/C17H19ClN4O/c18-12-5-3-11(4-6-12)15-2-1-9-22(15)17(23)16-13-10-19-8-7-14(13)20-21-16/h3-6,15,19H,1-2,7-10H2,(H,20,21). The van der Waals surface area contributed by atoms with E-state index in [1.165, 1.54) is 0 Å². The van der Waals surface area contributed by atoms with E-state index < -0.39 is 0 Å². The molecule has 0 saturated carbocycles. The number of nitrogens with one attached hydrogen (secondary N) is 2. The molecular formula is C17H19ClN4O. The maximum Gasteiger partial charge on any atom is 0.275 e. The van der Waals surface area contributed by atoms with E-state index in [-0.39, 0.29) is 11.9 Å². The van der Waals surface area contributed by atoms with Gasteiger partial charge in [0.2, 0.25) is 0 Å². The lowest BCUT2D eigenvalue weighted by atomic mass is 10.0. The van der Waals surface area contributed by atoms with Crippen LogP contribution >= 0.6 is 11.6 Å². The van der Waals surface area contributed by atoms with Gasteiger partial charge < -0.3 is 10.2 Å². The van der Waals surface area contributed by atoms with E-state index in [4.69, 9.17) is 11.6 Å². The van der Waals surface area contributed by atoms with Crippen molar-refractivity contribution < 1.29 is 4.79 Å². The molecule has 1 atom stereocenters. The lowest BCUT2D eigenvalue weighted by molar-refractivity contribution is 0.0728. The van der Waals surface area contributed by atoms with Crippen molar-refractivity contribution in [3.05, 3.63) is 51.8 Å². The Hall–Kier alpha value is -1.85. The molecule has 1 aromatic heterocycles. The second kappa shape index (κ2) is 5.98. The van der Waals surface area contributed by atoms with E-state index in [1.54, 1.807) is 0 Å². The minimum Gasteiger partial charge on any atom is -0.330 e.